The van der Waals surface area contributed by atoms with Gasteiger partial charge in [0.15, 0.2) is 0 Å². The lowest BCUT2D eigenvalue weighted by atomic mass is 10.1. The normalized spacial score (nSPS) is 12.3. The Balaban J connectivity index is 3.68. The molecule has 94 valence electrons. The molecule has 0 fully saturated rings. The van der Waals surface area contributed by atoms with Crippen molar-refractivity contribution in [3.05, 3.63) is 0 Å². The highest BCUT2D eigenvalue weighted by Crippen LogP contribution is 1.97. The lowest BCUT2D eigenvalue weighted by molar-refractivity contribution is -0.140. The van der Waals surface area contributed by atoms with Crippen LogP contribution in [0.4, 0.5) is 0 Å². The SMILES string of the molecule is NCCOCCNC(CCC(=O)O)C(=O)O. The molecule has 0 heterocycles. The number of rotatable bonds is 10. The third kappa shape index (κ3) is 8.16. The molecule has 0 amide bonds. The molecular weight excluding hydrogens is 216 g/mol. The van der Waals surface area contributed by atoms with E-state index in [0.717, 1.165) is 0 Å². The van der Waals surface area contributed by atoms with Crippen molar-refractivity contribution in [2.24, 2.45) is 5.73 Å². The quantitative estimate of drug-likeness (QED) is 0.353. The molecule has 0 rings (SSSR count). The molecular formula is C9H18N2O5. The maximum atomic E-state index is 10.7. The zero-order valence-corrected chi connectivity index (χ0v) is 9.02. The Morgan fingerprint density at radius 1 is 1.31 bits per heavy atom. The number of hydrogen-bond donors (Lipinski definition) is 4. The second-order valence-electron chi connectivity index (χ2n) is 3.18. The molecule has 0 spiro atoms. The number of nitrogens with one attached hydrogen (secondary N) is 1. The van der Waals surface area contributed by atoms with Crippen molar-refractivity contribution in [1.29, 1.82) is 0 Å². The average molecular weight is 234 g/mol. The van der Waals surface area contributed by atoms with Crippen LogP contribution in [0, 0.1) is 0 Å². The zero-order valence-electron chi connectivity index (χ0n) is 9.02. The van der Waals surface area contributed by atoms with Crippen LogP contribution in [-0.2, 0) is 14.3 Å². The maximum Gasteiger partial charge on any atom is 0.320 e. The number of nitrogens with two attached hydrogens (primary N) is 1. The second kappa shape index (κ2) is 9.08. The van der Waals surface area contributed by atoms with Gasteiger partial charge in [-0.15, -0.1) is 0 Å². The molecule has 0 aliphatic carbocycles. The van der Waals surface area contributed by atoms with E-state index in [9.17, 15) is 9.59 Å². The Labute approximate surface area is 93.6 Å². The Morgan fingerprint density at radius 2 is 2.00 bits per heavy atom. The van der Waals surface area contributed by atoms with Crippen molar-refractivity contribution in [1.82, 2.24) is 5.32 Å². The number of carboxylic acid groups (broad SMARTS) is 2. The van der Waals surface area contributed by atoms with Crippen molar-refractivity contribution in [3.63, 3.8) is 0 Å². The number of ether oxygens (including phenoxy) is 1. The molecule has 16 heavy (non-hydrogen) atoms. The standard InChI is InChI=1S/C9H18N2O5/c10-3-5-16-6-4-11-7(9(14)15)1-2-8(12)13/h7,11H,1-6,10H2,(H,12,13)(H,14,15). The molecule has 0 saturated heterocycles. The molecule has 0 aliphatic heterocycles. The van der Waals surface area contributed by atoms with Crippen LogP contribution in [0.25, 0.3) is 0 Å². The summed E-state index contributed by atoms with van der Waals surface area (Å²) in [5.74, 6) is -2.06. The summed E-state index contributed by atoms with van der Waals surface area (Å²) in [4.78, 5) is 21.0. The van der Waals surface area contributed by atoms with E-state index < -0.39 is 18.0 Å². The monoisotopic (exact) mass is 234 g/mol. The van der Waals surface area contributed by atoms with E-state index in [4.69, 9.17) is 20.7 Å². The van der Waals surface area contributed by atoms with Gasteiger partial charge >= 0.3 is 11.9 Å². The van der Waals surface area contributed by atoms with Crippen molar-refractivity contribution in [3.8, 4) is 0 Å². The van der Waals surface area contributed by atoms with E-state index in [1.807, 2.05) is 0 Å². The zero-order chi connectivity index (χ0) is 12.4. The van der Waals surface area contributed by atoms with Crippen molar-refractivity contribution in [2.75, 3.05) is 26.3 Å². The Kier molecular flexibility index (Phi) is 8.41. The minimum absolute atomic E-state index is 0.0571. The van der Waals surface area contributed by atoms with E-state index in [1.54, 1.807) is 0 Å². The summed E-state index contributed by atoms with van der Waals surface area (Å²) in [6, 6.07) is -0.849. The van der Waals surface area contributed by atoms with Crippen LogP contribution in [0.3, 0.4) is 0 Å². The largest absolute Gasteiger partial charge is 0.481 e. The van der Waals surface area contributed by atoms with Crippen LogP contribution < -0.4 is 11.1 Å². The number of aliphatic carboxylic acids is 2. The predicted octanol–water partition coefficient (Wildman–Crippen LogP) is -1.13. The summed E-state index contributed by atoms with van der Waals surface area (Å²) >= 11 is 0. The van der Waals surface area contributed by atoms with Gasteiger partial charge in [0.1, 0.15) is 6.04 Å². The van der Waals surface area contributed by atoms with Gasteiger partial charge in [-0.05, 0) is 6.42 Å². The minimum atomic E-state index is -1.06. The first-order valence-corrected chi connectivity index (χ1v) is 5.03. The number of carbonyl (C=O) groups is 2. The first-order chi connectivity index (χ1) is 7.57. The van der Waals surface area contributed by atoms with Crippen LogP contribution in [-0.4, -0.2) is 54.5 Å². The molecule has 0 aromatic rings. The van der Waals surface area contributed by atoms with Crippen molar-refractivity contribution < 1.29 is 24.5 Å². The summed E-state index contributed by atoms with van der Waals surface area (Å²) in [6.45, 7) is 1.56. The van der Waals surface area contributed by atoms with E-state index in [0.29, 0.717) is 26.3 Å². The highest BCUT2D eigenvalue weighted by Gasteiger charge is 2.17. The molecule has 7 heteroatoms. The topological polar surface area (TPSA) is 122 Å². The van der Waals surface area contributed by atoms with Gasteiger partial charge in [0.25, 0.3) is 0 Å². The smallest absolute Gasteiger partial charge is 0.320 e. The predicted molar refractivity (Wildman–Crippen MR) is 56.2 cm³/mol. The molecule has 5 N–H and O–H groups in total. The highest BCUT2D eigenvalue weighted by molar-refractivity contribution is 5.75. The average Bonchev–Trinajstić information content (AvgIpc) is 2.21. The van der Waals surface area contributed by atoms with Crippen LogP contribution in [0.5, 0.6) is 0 Å². The Bertz CT molecular complexity index is 222. The van der Waals surface area contributed by atoms with Gasteiger partial charge in [0.05, 0.1) is 13.2 Å². The summed E-state index contributed by atoms with van der Waals surface area (Å²) in [5.41, 5.74) is 5.19. The first-order valence-electron chi connectivity index (χ1n) is 5.03. The van der Waals surface area contributed by atoms with Crippen molar-refractivity contribution in [2.45, 2.75) is 18.9 Å². The third-order valence-corrected chi connectivity index (χ3v) is 1.84. The van der Waals surface area contributed by atoms with Gasteiger partial charge < -0.3 is 26.0 Å². The van der Waals surface area contributed by atoms with E-state index in [1.165, 1.54) is 0 Å². The second-order valence-corrected chi connectivity index (χ2v) is 3.18. The fraction of sp³-hybridized carbons (Fsp3) is 0.778. The fourth-order valence-electron chi connectivity index (χ4n) is 1.07. The maximum absolute atomic E-state index is 10.7. The van der Waals surface area contributed by atoms with Gasteiger partial charge in [-0.1, -0.05) is 0 Å². The van der Waals surface area contributed by atoms with E-state index in [-0.39, 0.29) is 12.8 Å². The van der Waals surface area contributed by atoms with Crippen LogP contribution in [0.2, 0.25) is 0 Å². The van der Waals surface area contributed by atoms with Gasteiger partial charge in [-0.3, -0.25) is 9.59 Å². The molecule has 0 aromatic heterocycles. The minimum Gasteiger partial charge on any atom is -0.481 e. The summed E-state index contributed by atoms with van der Waals surface area (Å²) in [5, 5.41) is 19.9. The van der Waals surface area contributed by atoms with Gasteiger partial charge in [0.2, 0.25) is 0 Å². The molecule has 1 unspecified atom stereocenters. The Hall–Kier alpha value is -1.18. The molecule has 0 saturated carbocycles. The van der Waals surface area contributed by atoms with Crippen LogP contribution in [0.15, 0.2) is 0 Å². The molecule has 7 nitrogen and oxygen atoms in total. The van der Waals surface area contributed by atoms with Gasteiger partial charge in [-0.2, -0.15) is 0 Å². The van der Waals surface area contributed by atoms with Crippen molar-refractivity contribution >= 4 is 11.9 Å². The summed E-state index contributed by atoms with van der Waals surface area (Å²) < 4.78 is 5.04. The van der Waals surface area contributed by atoms with E-state index in [2.05, 4.69) is 5.32 Å². The lowest BCUT2D eigenvalue weighted by Gasteiger charge is -2.13. The first kappa shape index (κ1) is 14.8. The summed E-state index contributed by atoms with van der Waals surface area (Å²) in [6.07, 6.45) is -0.116. The lowest BCUT2D eigenvalue weighted by Crippen LogP contribution is -2.39. The third-order valence-electron chi connectivity index (χ3n) is 1.84. The molecule has 0 radical (unpaired) electrons. The molecule has 0 aliphatic rings. The molecule has 1 atom stereocenters. The van der Waals surface area contributed by atoms with Gasteiger partial charge in [-0.25, -0.2) is 0 Å². The van der Waals surface area contributed by atoms with Crippen LogP contribution in [0.1, 0.15) is 12.8 Å². The van der Waals surface area contributed by atoms with Gasteiger partial charge in [0, 0.05) is 19.5 Å². The highest BCUT2D eigenvalue weighted by atomic mass is 16.5. The van der Waals surface area contributed by atoms with Crippen LogP contribution >= 0.6 is 0 Å². The molecule has 0 aromatic carbocycles. The molecule has 0 bridgehead atoms. The summed E-state index contributed by atoms with van der Waals surface area (Å²) in [7, 11) is 0. The Morgan fingerprint density at radius 3 is 2.50 bits per heavy atom. The van der Waals surface area contributed by atoms with E-state index >= 15 is 0 Å². The number of carboxylic acids is 2. The number of hydrogen-bond acceptors (Lipinski definition) is 5. The fourth-order valence-corrected chi connectivity index (χ4v) is 1.07.